The second-order valence-corrected chi connectivity index (χ2v) is 6.96. The summed E-state index contributed by atoms with van der Waals surface area (Å²) < 4.78 is 2.00. The molecule has 0 unspecified atom stereocenters. The number of nitrogens with zero attached hydrogens (tertiary/aromatic N) is 3. The quantitative estimate of drug-likeness (QED) is 0.889. The SMILES string of the molecule is Cc1cn(C2CCCCC2)nc1NC(=O)N1CCC(C(=O)O)CC1. The Morgan fingerprint density at radius 3 is 2.46 bits per heavy atom. The summed E-state index contributed by atoms with van der Waals surface area (Å²) in [6.45, 7) is 2.91. The minimum atomic E-state index is -0.767. The molecule has 1 aliphatic heterocycles. The van der Waals surface area contributed by atoms with E-state index in [1.807, 2.05) is 17.8 Å². The van der Waals surface area contributed by atoms with E-state index in [-0.39, 0.29) is 11.9 Å². The van der Waals surface area contributed by atoms with Gasteiger partial charge in [0.05, 0.1) is 12.0 Å². The lowest BCUT2D eigenvalue weighted by Gasteiger charge is -2.29. The predicted molar refractivity (Wildman–Crippen MR) is 90.0 cm³/mol. The molecule has 132 valence electrons. The van der Waals surface area contributed by atoms with Gasteiger partial charge in [0, 0.05) is 24.8 Å². The summed E-state index contributed by atoms with van der Waals surface area (Å²) >= 11 is 0. The van der Waals surface area contributed by atoms with Crippen LogP contribution in [0.4, 0.5) is 10.6 Å². The highest BCUT2D eigenvalue weighted by molar-refractivity contribution is 5.89. The first-order valence-electron chi connectivity index (χ1n) is 8.89. The summed E-state index contributed by atoms with van der Waals surface area (Å²) in [7, 11) is 0. The van der Waals surface area contributed by atoms with E-state index < -0.39 is 5.97 Å². The highest BCUT2D eigenvalue weighted by Crippen LogP contribution is 2.29. The summed E-state index contributed by atoms with van der Waals surface area (Å²) in [6.07, 6.45) is 9.12. The van der Waals surface area contributed by atoms with Gasteiger partial charge in [-0.05, 0) is 32.6 Å². The van der Waals surface area contributed by atoms with E-state index >= 15 is 0 Å². The van der Waals surface area contributed by atoms with Crippen LogP contribution in [-0.4, -0.2) is 44.9 Å². The van der Waals surface area contributed by atoms with Crippen LogP contribution in [-0.2, 0) is 4.79 Å². The molecular formula is C17H26N4O3. The van der Waals surface area contributed by atoms with Gasteiger partial charge in [0.2, 0.25) is 0 Å². The minimum absolute atomic E-state index is 0.184. The van der Waals surface area contributed by atoms with Gasteiger partial charge in [-0.3, -0.25) is 14.8 Å². The van der Waals surface area contributed by atoms with E-state index in [4.69, 9.17) is 5.11 Å². The monoisotopic (exact) mass is 334 g/mol. The first kappa shape index (κ1) is 16.8. The van der Waals surface area contributed by atoms with Crippen molar-refractivity contribution in [3.05, 3.63) is 11.8 Å². The van der Waals surface area contributed by atoms with E-state index in [1.165, 1.54) is 19.3 Å². The van der Waals surface area contributed by atoms with Crippen LogP contribution in [0.2, 0.25) is 0 Å². The molecule has 2 fully saturated rings. The summed E-state index contributed by atoms with van der Waals surface area (Å²) in [5.41, 5.74) is 0.967. The second kappa shape index (κ2) is 7.23. The third-order valence-electron chi connectivity index (χ3n) is 5.22. The number of aromatic nitrogens is 2. The lowest BCUT2D eigenvalue weighted by Crippen LogP contribution is -2.42. The molecule has 2 heterocycles. The summed E-state index contributed by atoms with van der Waals surface area (Å²) in [6, 6.07) is 0.255. The highest BCUT2D eigenvalue weighted by Gasteiger charge is 2.27. The number of piperidine rings is 1. The maximum absolute atomic E-state index is 12.4. The number of hydrogen-bond acceptors (Lipinski definition) is 3. The number of likely N-dealkylation sites (tertiary alicyclic amines) is 1. The molecule has 0 spiro atoms. The zero-order chi connectivity index (χ0) is 17.1. The van der Waals surface area contributed by atoms with E-state index in [1.54, 1.807) is 4.90 Å². The van der Waals surface area contributed by atoms with E-state index in [2.05, 4.69) is 10.4 Å². The molecule has 0 atom stereocenters. The number of anilines is 1. The number of aliphatic carboxylic acids is 1. The van der Waals surface area contributed by atoms with Gasteiger partial charge in [-0.2, -0.15) is 5.10 Å². The fraction of sp³-hybridized carbons (Fsp3) is 0.706. The molecule has 7 nitrogen and oxygen atoms in total. The number of carboxylic acid groups (broad SMARTS) is 1. The van der Waals surface area contributed by atoms with Crippen LogP contribution >= 0.6 is 0 Å². The predicted octanol–water partition coefficient (Wildman–Crippen LogP) is 3.03. The number of urea groups is 1. The molecule has 1 saturated heterocycles. The zero-order valence-electron chi connectivity index (χ0n) is 14.2. The summed E-state index contributed by atoms with van der Waals surface area (Å²) in [4.78, 5) is 25.1. The number of nitrogens with one attached hydrogen (secondary N) is 1. The van der Waals surface area contributed by atoms with Gasteiger partial charge in [-0.25, -0.2) is 4.79 Å². The van der Waals surface area contributed by atoms with Gasteiger partial charge in [-0.1, -0.05) is 19.3 Å². The normalized spacial score (nSPS) is 20.1. The number of carboxylic acids is 1. The molecule has 1 aromatic rings. The summed E-state index contributed by atoms with van der Waals surface area (Å²) in [5, 5.41) is 16.5. The molecule has 7 heteroatoms. The van der Waals surface area contributed by atoms with Gasteiger partial charge >= 0.3 is 12.0 Å². The molecule has 0 aromatic carbocycles. The van der Waals surface area contributed by atoms with Crippen molar-refractivity contribution in [3.63, 3.8) is 0 Å². The minimum Gasteiger partial charge on any atom is -0.481 e. The van der Waals surface area contributed by atoms with Crippen molar-refractivity contribution in [2.45, 2.75) is 57.9 Å². The van der Waals surface area contributed by atoms with Gasteiger partial charge in [-0.15, -0.1) is 0 Å². The maximum atomic E-state index is 12.4. The van der Waals surface area contributed by atoms with Gasteiger partial charge in [0.25, 0.3) is 0 Å². The number of carbonyl (C=O) groups is 2. The van der Waals surface area contributed by atoms with Crippen molar-refractivity contribution in [2.24, 2.45) is 5.92 Å². The fourth-order valence-electron chi connectivity index (χ4n) is 3.65. The van der Waals surface area contributed by atoms with Crippen LogP contribution in [0.25, 0.3) is 0 Å². The Morgan fingerprint density at radius 1 is 1.17 bits per heavy atom. The molecule has 1 saturated carbocycles. The van der Waals surface area contributed by atoms with Gasteiger partial charge in [0.1, 0.15) is 0 Å². The lowest BCUT2D eigenvalue weighted by molar-refractivity contribution is -0.143. The topological polar surface area (TPSA) is 87.5 Å². The molecular weight excluding hydrogens is 308 g/mol. The maximum Gasteiger partial charge on any atom is 0.323 e. The molecule has 2 aliphatic rings. The number of aryl methyl sites for hydroxylation is 1. The first-order chi connectivity index (χ1) is 11.5. The van der Waals surface area contributed by atoms with E-state index in [0.717, 1.165) is 18.4 Å². The second-order valence-electron chi connectivity index (χ2n) is 6.96. The summed E-state index contributed by atoms with van der Waals surface area (Å²) in [5.74, 6) is -0.482. The van der Waals surface area contributed by atoms with Crippen LogP contribution in [0.15, 0.2) is 6.20 Å². The van der Waals surface area contributed by atoms with E-state index in [0.29, 0.717) is 37.8 Å². The smallest absolute Gasteiger partial charge is 0.323 e. The van der Waals surface area contributed by atoms with Gasteiger partial charge < -0.3 is 10.0 Å². The van der Waals surface area contributed by atoms with Crippen LogP contribution in [0.3, 0.4) is 0 Å². The molecule has 2 N–H and O–H groups in total. The fourth-order valence-corrected chi connectivity index (χ4v) is 3.65. The Hall–Kier alpha value is -2.05. The van der Waals surface area contributed by atoms with Crippen molar-refractivity contribution < 1.29 is 14.7 Å². The highest BCUT2D eigenvalue weighted by atomic mass is 16.4. The largest absolute Gasteiger partial charge is 0.481 e. The molecule has 2 amide bonds. The zero-order valence-corrected chi connectivity index (χ0v) is 14.2. The average molecular weight is 334 g/mol. The lowest BCUT2D eigenvalue weighted by atomic mass is 9.96. The number of amides is 2. The van der Waals surface area contributed by atoms with Crippen LogP contribution in [0.5, 0.6) is 0 Å². The molecule has 0 bridgehead atoms. The van der Waals surface area contributed by atoms with Crippen LogP contribution in [0.1, 0.15) is 56.6 Å². The Labute approximate surface area is 142 Å². The van der Waals surface area contributed by atoms with Crippen LogP contribution in [0, 0.1) is 12.8 Å². The number of rotatable bonds is 3. The van der Waals surface area contributed by atoms with Gasteiger partial charge in [0.15, 0.2) is 5.82 Å². The van der Waals surface area contributed by atoms with Crippen molar-refractivity contribution >= 4 is 17.8 Å². The third kappa shape index (κ3) is 3.71. The molecule has 3 rings (SSSR count). The Bertz CT molecular complexity index is 599. The number of hydrogen-bond donors (Lipinski definition) is 2. The molecule has 1 aliphatic carbocycles. The van der Waals surface area contributed by atoms with E-state index in [9.17, 15) is 9.59 Å². The average Bonchev–Trinajstić information content (AvgIpc) is 2.96. The van der Waals surface area contributed by atoms with Crippen molar-refractivity contribution in [2.75, 3.05) is 18.4 Å². The first-order valence-corrected chi connectivity index (χ1v) is 8.89. The van der Waals surface area contributed by atoms with Crippen molar-refractivity contribution in [1.82, 2.24) is 14.7 Å². The molecule has 0 radical (unpaired) electrons. The molecule has 24 heavy (non-hydrogen) atoms. The van der Waals surface area contributed by atoms with Crippen LogP contribution < -0.4 is 5.32 Å². The Kier molecular flexibility index (Phi) is 5.06. The van der Waals surface area contributed by atoms with Crippen molar-refractivity contribution in [3.8, 4) is 0 Å². The number of carbonyl (C=O) groups excluding carboxylic acids is 1. The third-order valence-corrected chi connectivity index (χ3v) is 5.22. The molecule has 1 aromatic heterocycles. The van der Waals surface area contributed by atoms with Crippen molar-refractivity contribution in [1.29, 1.82) is 0 Å². The Morgan fingerprint density at radius 2 is 1.83 bits per heavy atom. The standard InChI is InChI=1S/C17H26N4O3/c1-12-11-21(14-5-3-2-4-6-14)19-15(12)18-17(24)20-9-7-13(8-10-20)16(22)23/h11,13-14H,2-10H2,1H3,(H,22,23)(H,18,19,24). The Balaban J connectivity index is 1.58.